The van der Waals surface area contributed by atoms with Gasteiger partial charge in [0.25, 0.3) is 5.91 Å². The molecule has 0 unspecified atom stereocenters. The Morgan fingerprint density at radius 1 is 0.902 bits per heavy atom. The van der Waals surface area contributed by atoms with Gasteiger partial charge >= 0.3 is 0 Å². The van der Waals surface area contributed by atoms with E-state index in [9.17, 15) is 19.5 Å². The number of benzene rings is 3. The van der Waals surface area contributed by atoms with Gasteiger partial charge in [-0.25, -0.2) is 0 Å². The molecule has 4 rings (SSSR count). The average Bonchev–Trinajstić information content (AvgIpc) is 3.28. The number of amides is 2. The number of aryl methyl sites for hydroxylation is 1. The number of nitrogens with zero attached hydrogens (tertiary/aromatic N) is 1. The molecule has 218 valence electrons. The fourth-order valence-electron chi connectivity index (χ4n) is 5.98. The predicted molar refractivity (Wildman–Crippen MR) is 164 cm³/mol. The summed E-state index contributed by atoms with van der Waals surface area (Å²) in [5.74, 6) is -0.100. The minimum absolute atomic E-state index is 0.0697. The van der Waals surface area contributed by atoms with Gasteiger partial charge in [-0.1, -0.05) is 67.6 Å². The van der Waals surface area contributed by atoms with Crippen LogP contribution in [-0.2, 0) is 22.5 Å². The van der Waals surface area contributed by atoms with E-state index in [4.69, 9.17) is 4.74 Å². The highest BCUT2D eigenvalue weighted by molar-refractivity contribution is 6.71. The summed E-state index contributed by atoms with van der Waals surface area (Å²) in [6.07, 6.45) is 1.31. The van der Waals surface area contributed by atoms with Crippen molar-refractivity contribution in [1.82, 2.24) is 4.90 Å². The van der Waals surface area contributed by atoms with Crippen LogP contribution in [0, 0.1) is 5.92 Å². The maximum Gasteiger partial charge on any atom is 0.255 e. The zero-order valence-electron chi connectivity index (χ0n) is 24.2. The summed E-state index contributed by atoms with van der Waals surface area (Å²) in [4.78, 5) is 38.7. The number of anilines is 1. The average molecular weight is 575 g/mol. The summed E-state index contributed by atoms with van der Waals surface area (Å²) >= 11 is 0. The molecule has 8 heteroatoms. The summed E-state index contributed by atoms with van der Waals surface area (Å²) in [5, 5.41) is 12.5. The molecule has 7 nitrogen and oxygen atoms in total. The molecule has 1 aliphatic rings. The summed E-state index contributed by atoms with van der Waals surface area (Å²) < 4.78 is 6.52. The van der Waals surface area contributed by atoms with Crippen molar-refractivity contribution in [3.63, 3.8) is 0 Å². The minimum Gasteiger partial charge on any atom is -0.432 e. The third kappa shape index (κ3) is 8.36. The third-order valence-electron chi connectivity index (χ3n) is 8.00. The molecule has 0 spiro atoms. The zero-order valence-corrected chi connectivity index (χ0v) is 25.2. The van der Waals surface area contributed by atoms with Crippen molar-refractivity contribution in [3.8, 4) is 0 Å². The minimum atomic E-state index is -2.63. The van der Waals surface area contributed by atoms with Crippen molar-refractivity contribution in [2.24, 2.45) is 5.92 Å². The highest BCUT2D eigenvalue weighted by atomic mass is 28.4. The van der Waals surface area contributed by atoms with E-state index in [1.807, 2.05) is 85.9 Å². The van der Waals surface area contributed by atoms with E-state index < -0.39 is 8.32 Å². The number of carbonyl (C=O) groups excluding carboxylic acids is 2. The lowest BCUT2D eigenvalue weighted by Crippen LogP contribution is -2.42. The molecule has 41 heavy (non-hydrogen) atoms. The van der Waals surface area contributed by atoms with E-state index in [-0.39, 0.29) is 55.1 Å². The smallest absolute Gasteiger partial charge is 0.255 e. The first-order chi connectivity index (χ1) is 19.7. The van der Waals surface area contributed by atoms with Crippen molar-refractivity contribution >= 4 is 25.8 Å². The fourth-order valence-corrected chi connectivity index (χ4v) is 8.59. The van der Waals surface area contributed by atoms with Gasteiger partial charge in [0.05, 0.1) is 25.2 Å². The van der Waals surface area contributed by atoms with Crippen LogP contribution in [0.3, 0.4) is 0 Å². The number of carbonyl (C=O) groups is 2. The maximum atomic E-state index is 13.4. The molecule has 3 N–H and O–H groups in total. The van der Waals surface area contributed by atoms with Gasteiger partial charge in [0, 0.05) is 29.9 Å². The maximum absolute atomic E-state index is 13.4. The van der Waals surface area contributed by atoms with Crippen molar-refractivity contribution in [2.45, 2.75) is 63.6 Å². The normalized spacial score (nSPS) is 20.5. The zero-order chi connectivity index (χ0) is 29.4. The number of nitrogens with one attached hydrogen (secondary N) is 1. The Hall–Kier alpha value is -3.30. The predicted octanol–water partition coefficient (Wildman–Crippen LogP) is 5.25. The molecular formula is C33H42N2O5Si. The van der Waals surface area contributed by atoms with Crippen LogP contribution in [-0.4, -0.2) is 60.3 Å². The lowest BCUT2D eigenvalue weighted by atomic mass is 9.95. The van der Waals surface area contributed by atoms with E-state index >= 15 is 0 Å². The van der Waals surface area contributed by atoms with Gasteiger partial charge in [0.2, 0.25) is 5.91 Å². The first-order valence-electron chi connectivity index (χ1n) is 14.4. The van der Waals surface area contributed by atoms with Crippen LogP contribution in [0.5, 0.6) is 0 Å². The highest BCUT2D eigenvalue weighted by Gasteiger charge is 2.50. The molecule has 0 bridgehead atoms. The molecule has 0 radical (unpaired) electrons. The topological polar surface area (TPSA) is 99.1 Å². The number of ether oxygens (including phenoxy) is 1. The van der Waals surface area contributed by atoms with Gasteiger partial charge < -0.3 is 24.9 Å². The SMILES string of the molecule is C[C@H]1[C@H]([Si](C)(C)O)[C@@H](CC(=O)N(CCO)Cc2ccccc2)O[C@H]1CCc1ccc(NC(=O)c2ccccc2)cc1. The molecule has 3 aromatic rings. The van der Waals surface area contributed by atoms with E-state index in [1.165, 1.54) is 0 Å². The standard InChI is InChI=1S/C33H42N2O5Si/c1-24-29(19-16-25-14-17-28(18-15-25)34-33(38)27-12-8-5-9-13-27)40-30(32(24)41(2,3)39)22-31(37)35(20-21-36)23-26-10-6-4-7-11-26/h4-15,17-18,24,29-30,32,36,39H,16,19-23H2,1-3H3,(H,34,38)/t24-,29+,30-,32+/m1/s1. The summed E-state index contributed by atoms with van der Waals surface area (Å²) in [5.41, 5.74) is 3.42. The van der Waals surface area contributed by atoms with Gasteiger partial charge in [0.1, 0.15) is 0 Å². The second kappa shape index (κ2) is 14.0. The van der Waals surface area contributed by atoms with Crippen LogP contribution in [0.2, 0.25) is 18.6 Å². The van der Waals surface area contributed by atoms with Crippen LogP contribution < -0.4 is 5.32 Å². The van der Waals surface area contributed by atoms with Gasteiger partial charge in [-0.15, -0.1) is 0 Å². The first-order valence-corrected chi connectivity index (χ1v) is 17.4. The van der Waals surface area contributed by atoms with E-state index in [0.29, 0.717) is 12.1 Å². The molecule has 1 saturated heterocycles. The van der Waals surface area contributed by atoms with Crippen molar-refractivity contribution in [1.29, 1.82) is 0 Å². The number of aliphatic hydroxyl groups excluding tert-OH is 1. The molecule has 2 amide bonds. The fraction of sp³-hybridized carbons (Fsp3) is 0.394. The lowest BCUT2D eigenvalue weighted by Gasteiger charge is -2.31. The van der Waals surface area contributed by atoms with Crippen LogP contribution in [0.1, 0.15) is 41.3 Å². The van der Waals surface area contributed by atoms with Crippen LogP contribution in [0.25, 0.3) is 0 Å². The molecule has 1 fully saturated rings. The number of hydrogen-bond donors (Lipinski definition) is 3. The number of hydrogen-bond acceptors (Lipinski definition) is 5. The van der Waals surface area contributed by atoms with E-state index in [0.717, 1.165) is 29.7 Å². The highest BCUT2D eigenvalue weighted by Crippen LogP contribution is 2.45. The monoisotopic (exact) mass is 574 g/mol. The summed E-state index contributed by atoms with van der Waals surface area (Å²) in [7, 11) is -2.63. The lowest BCUT2D eigenvalue weighted by molar-refractivity contribution is -0.135. The van der Waals surface area contributed by atoms with E-state index in [2.05, 4.69) is 12.2 Å². The molecule has 0 saturated carbocycles. The molecule has 1 heterocycles. The number of rotatable bonds is 12. The number of aliphatic hydroxyl groups is 1. The van der Waals surface area contributed by atoms with Crippen molar-refractivity contribution in [3.05, 3.63) is 102 Å². The Kier molecular flexibility index (Phi) is 10.5. The molecular weight excluding hydrogens is 532 g/mol. The molecule has 1 aliphatic heterocycles. The first kappa shape index (κ1) is 30.7. The third-order valence-corrected chi connectivity index (χ3v) is 10.5. The Morgan fingerprint density at radius 3 is 2.15 bits per heavy atom. The summed E-state index contributed by atoms with van der Waals surface area (Å²) in [6, 6.07) is 26.7. The molecule has 3 aromatic carbocycles. The quantitative estimate of drug-likeness (QED) is 0.257. The van der Waals surface area contributed by atoms with Gasteiger partial charge in [-0.2, -0.15) is 0 Å². The van der Waals surface area contributed by atoms with Gasteiger partial charge in [-0.05, 0) is 67.2 Å². The summed E-state index contributed by atoms with van der Waals surface area (Å²) in [6.45, 7) is 6.55. The van der Waals surface area contributed by atoms with Crippen LogP contribution >= 0.6 is 0 Å². The molecule has 4 atom stereocenters. The second-order valence-electron chi connectivity index (χ2n) is 11.5. The Bertz CT molecular complexity index is 1260. The van der Waals surface area contributed by atoms with Gasteiger partial charge in [-0.3, -0.25) is 9.59 Å². The van der Waals surface area contributed by atoms with Gasteiger partial charge in [0.15, 0.2) is 8.32 Å². The Labute approximate surface area is 244 Å². The van der Waals surface area contributed by atoms with E-state index in [1.54, 1.807) is 17.0 Å². The largest absolute Gasteiger partial charge is 0.432 e. The molecule has 0 aromatic heterocycles. The Morgan fingerprint density at radius 2 is 1.54 bits per heavy atom. The van der Waals surface area contributed by atoms with Crippen molar-refractivity contribution < 1.29 is 24.2 Å². The second-order valence-corrected chi connectivity index (χ2v) is 15.5. The Balaban J connectivity index is 1.37. The van der Waals surface area contributed by atoms with Crippen molar-refractivity contribution in [2.75, 3.05) is 18.5 Å². The van der Waals surface area contributed by atoms with Crippen LogP contribution in [0.15, 0.2) is 84.9 Å². The molecule has 0 aliphatic carbocycles. The van der Waals surface area contributed by atoms with Crippen LogP contribution in [0.4, 0.5) is 5.69 Å².